The van der Waals surface area contributed by atoms with Crippen molar-refractivity contribution in [2.24, 2.45) is 0 Å². The molecule has 33 heavy (non-hydrogen) atoms. The molecule has 0 aliphatic heterocycles. The number of pyridine rings is 1. The molecule has 3 aromatic rings. The second-order valence-corrected chi connectivity index (χ2v) is 6.80. The Morgan fingerprint density at radius 2 is 1.85 bits per heavy atom. The van der Waals surface area contributed by atoms with Gasteiger partial charge in [0.1, 0.15) is 6.61 Å². The predicted molar refractivity (Wildman–Crippen MR) is 116 cm³/mol. The standard InChI is InChI=1S/C24H21F2NO6/c1-14-16-6-4-5-7-17(16)27-18(22(14)23(29)31-3)13-32-21(28)11-9-15-8-10-19(33-24(25)26)20(12-15)30-2/h4-12,24H,13H2,1-3H3/b11-9+. The molecule has 0 N–H and O–H groups in total. The Morgan fingerprint density at radius 1 is 1.09 bits per heavy atom. The highest BCUT2D eigenvalue weighted by Gasteiger charge is 2.20. The summed E-state index contributed by atoms with van der Waals surface area (Å²) in [5.41, 5.74) is 2.34. The molecule has 0 aliphatic carbocycles. The third-order valence-corrected chi connectivity index (χ3v) is 4.78. The summed E-state index contributed by atoms with van der Waals surface area (Å²) in [5, 5.41) is 0.793. The number of hydrogen-bond acceptors (Lipinski definition) is 7. The smallest absolute Gasteiger partial charge is 0.387 e. The minimum absolute atomic E-state index is 0.0874. The zero-order valence-corrected chi connectivity index (χ0v) is 18.1. The zero-order chi connectivity index (χ0) is 24.0. The SMILES string of the molecule is COC(=O)c1c(COC(=O)/C=C/c2ccc(OC(F)F)c(OC)c2)nc2ccccc2c1C. The van der Waals surface area contributed by atoms with Crippen molar-refractivity contribution < 1.29 is 37.3 Å². The minimum Gasteiger partial charge on any atom is -0.493 e. The molecule has 0 spiro atoms. The van der Waals surface area contributed by atoms with Crippen LogP contribution in [-0.2, 0) is 20.9 Å². The molecule has 9 heteroatoms. The van der Waals surface area contributed by atoms with Gasteiger partial charge in [0.05, 0.1) is 31.0 Å². The van der Waals surface area contributed by atoms with E-state index in [1.54, 1.807) is 13.0 Å². The highest BCUT2D eigenvalue weighted by atomic mass is 19.3. The first-order chi connectivity index (χ1) is 15.8. The van der Waals surface area contributed by atoms with Gasteiger partial charge in [0.15, 0.2) is 11.5 Å². The lowest BCUT2D eigenvalue weighted by atomic mass is 10.0. The first-order valence-electron chi connectivity index (χ1n) is 9.78. The van der Waals surface area contributed by atoms with Crippen molar-refractivity contribution in [2.45, 2.75) is 20.1 Å². The normalized spacial score (nSPS) is 11.1. The van der Waals surface area contributed by atoms with E-state index in [4.69, 9.17) is 14.2 Å². The van der Waals surface area contributed by atoms with Crippen LogP contribution in [0.25, 0.3) is 17.0 Å². The van der Waals surface area contributed by atoms with E-state index < -0.39 is 18.6 Å². The molecular weight excluding hydrogens is 436 g/mol. The van der Waals surface area contributed by atoms with Crippen LogP contribution in [0.2, 0.25) is 0 Å². The van der Waals surface area contributed by atoms with Gasteiger partial charge in [0, 0.05) is 11.5 Å². The fraction of sp³-hybridized carbons (Fsp3) is 0.208. The van der Waals surface area contributed by atoms with Crippen LogP contribution >= 0.6 is 0 Å². The Labute approximate surface area is 188 Å². The van der Waals surface area contributed by atoms with Gasteiger partial charge >= 0.3 is 18.6 Å². The molecule has 0 radical (unpaired) electrons. The molecule has 0 aliphatic rings. The topological polar surface area (TPSA) is 84.0 Å². The number of carbonyl (C=O) groups excluding carboxylic acids is 2. The van der Waals surface area contributed by atoms with Gasteiger partial charge < -0.3 is 18.9 Å². The number of aryl methyl sites for hydroxylation is 1. The van der Waals surface area contributed by atoms with Crippen molar-refractivity contribution in [3.63, 3.8) is 0 Å². The summed E-state index contributed by atoms with van der Waals surface area (Å²) in [5.74, 6) is -1.31. The summed E-state index contributed by atoms with van der Waals surface area (Å²) in [6.07, 6.45) is 2.59. The third-order valence-electron chi connectivity index (χ3n) is 4.78. The Hall–Kier alpha value is -4.01. The van der Waals surface area contributed by atoms with Crippen LogP contribution in [0.4, 0.5) is 8.78 Å². The molecule has 1 aromatic heterocycles. The van der Waals surface area contributed by atoms with Gasteiger partial charge in [0.2, 0.25) is 0 Å². The average molecular weight is 457 g/mol. The number of carbonyl (C=O) groups is 2. The molecule has 0 bridgehead atoms. The second kappa shape index (κ2) is 10.5. The minimum atomic E-state index is -2.99. The van der Waals surface area contributed by atoms with Crippen LogP contribution in [0.1, 0.15) is 27.2 Å². The number of rotatable bonds is 8. The number of nitrogens with zero attached hydrogens (tertiary/aromatic N) is 1. The Kier molecular flexibility index (Phi) is 7.55. The van der Waals surface area contributed by atoms with E-state index in [0.717, 1.165) is 11.5 Å². The molecular formula is C24H21F2NO6. The summed E-state index contributed by atoms with van der Waals surface area (Å²) < 4.78 is 44.4. The average Bonchev–Trinajstić information content (AvgIpc) is 2.81. The maximum atomic E-state index is 12.4. The van der Waals surface area contributed by atoms with Gasteiger partial charge in [-0.2, -0.15) is 8.78 Å². The van der Waals surface area contributed by atoms with Crippen LogP contribution in [-0.4, -0.2) is 37.8 Å². The predicted octanol–water partition coefficient (Wildman–Crippen LogP) is 4.70. The van der Waals surface area contributed by atoms with Crippen molar-refractivity contribution in [1.29, 1.82) is 0 Å². The number of aromatic nitrogens is 1. The maximum Gasteiger partial charge on any atom is 0.387 e. The van der Waals surface area contributed by atoms with Crippen LogP contribution in [0.15, 0.2) is 48.5 Å². The molecule has 2 aromatic carbocycles. The van der Waals surface area contributed by atoms with Gasteiger partial charge in [-0.3, -0.25) is 0 Å². The highest BCUT2D eigenvalue weighted by molar-refractivity contribution is 5.98. The maximum absolute atomic E-state index is 12.4. The van der Waals surface area contributed by atoms with Gasteiger partial charge in [0.25, 0.3) is 0 Å². The Bertz CT molecular complexity index is 1210. The molecule has 0 saturated carbocycles. The van der Waals surface area contributed by atoms with Gasteiger partial charge in [-0.15, -0.1) is 0 Å². The van der Waals surface area contributed by atoms with Gasteiger partial charge in [-0.05, 0) is 42.3 Å². The number of para-hydroxylation sites is 1. The van der Waals surface area contributed by atoms with E-state index in [-0.39, 0.29) is 29.4 Å². The van der Waals surface area contributed by atoms with E-state index in [9.17, 15) is 18.4 Å². The van der Waals surface area contributed by atoms with Gasteiger partial charge in [-0.25, -0.2) is 14.6 Å². The van der Waals surface area contributed by atoms with Crippen molar-refractivity contribution in [3.05, 3.63) is 70.9 Å². The Balaban J connectivity index is 1.77. The number of methoxy groups -OCH3 is 2. The molecule has 172 valence electrons. The first kappa shape index (κ1) is 23.6. The first-order valence-corrected chi connectivity index (χ1v) is 9.78. The lowest BCUT2D eigenvalue weighted by molar-refractivity contribution is -0.139. The van der Waals surface area contributed by atoms with Crippen molar-refractivity contribution in [2.75, 3.05) is 14.2 Å². The number of fused-ring (bicyclic) bond motifs is 1. The molecule has 0 unspecified atom stereocenters. The number of ether oxygens (including phenoxy) is 4. The molecule has 7 nitrogen and oxygen atoms in total. The van der Waals surface area contributed by atoms with E-state index in [2.05, 4.69) is 9.72 Å². The number of hydrogen-bond donors (Lipinski definition) is 0. The second-order valence-electron chi connectivity index (χ2n) is 6.80. The van der Waals surface area contributed by atoms with Crippen molar-refractivity contribution >= 4 is 28.9 Å². The number of benzene rings is 2. The third kappa shape index (κ3) is 5.62. The van der Waals surface area contributed by atoms with Crippen LogP contribution in [0.5, 0.6) is 11.5 Å². The molecule has 0 atom stereocenters. The molecule has 3 rings (SSSR count). The zero-order valence-electron chi connectivity index (χ0n) is 18.1. The fourth-order valence-corrected chi connectivity index (χ4v) is 3.25. The lowest BCUT2D eigenvalue weighted by Gasteiger charge is -2.13. The van der Waals surface area contributed by atoms with Crippen LogP contribution < -0.4 is 9.47 Å². The molecule has 0 fully saturated rings. The molecule has 0 amide bonds. The van der Waals surface area contributed by atoms with E-state index >= 15 is 0 Å². The quantitative estimate of drug-likeness (QED) is 0.358. The summed E-state index contributed by atoms with van der Waals surface area (Å²) in [7, 11) is 2.58. The number of alkyl halides is 2. The number of esters is 2. The molecule has 0 saturated heterocycles. The summed E-state index contributed by atoms with van der Waals surface area (Å²) in [6.45, 7) is -1.46. The molecule has 1 heterocycles. The van der Waals surface area contributed by atoms with E-state index in [1.165, 1.54) is 38.5 Å². The van der Waals surface area contributed by atoms with Gasteiger partial charge in [-0.1, -0.05) is 24.3 Å². The van der Waals surface area contributed by atoms with E-state index in [1.807, 2.05) is 18.2 Å². The summed E-state index contributed by atoms with van der Waals surface area (Å²) >= 11 is 0. The van der Waals surface area contributed by atoms with Crippen LogP contribution in [0.3, 0.4) is 0 Å². The monoisotopic (exact) mass is 457 g/mol. The Morgan fingerprint density at radius 3 is 2.55 bits per heavy atom. The number of halogens is 2. The van der Waals surface area contributed by atoms with E-state index in [0.29, 0.717) is 16.6 Å². The lowest BCUT2D eigenvalue weighted by Crippen LogP contribution is -2.13. The van der Waals surface area contributed by atoms with Crippen molar-refractivity contribution in [3.8, 4) is 11.5 Å². The van der Waals surface area contributed by atoms with Crippen molar-refractivity contribution in [1.82, 2.24) is 4.98 Å². The fourth-order valence-electron chi connectivity index (χ4n) is 3.25. The highest BCUT2D eigenvalue weighted by Crippen LogP contribution is 2.30. The largest absolute Gasteiger partial charge is 0.493 e. The van der Waals surface area contributed by atoms with Crippen LogP contribution in [0, 0.1) is 6.92 Å². The summed E-state index contributed by atoms with van der Waals surface area (Å²) in [6, 6.07) is 11.5. The summed E-state index contributed by atoms with van der Waals surface area (Å²) in [4.78, 5) is 29.0.